The maximum Gasteiger partial charge on any atom is 0.161 e. The van der Waals surface area contributed by atoms with Gasteiger partial charge in [-0.2, -0.15) is 10.2 Å². The third-order valence-electron chi connectivity index (χ3n) is 5.50. The largest absolute Gasteiger partial charge is 0.370 e. The lowest BCUT2D eigenvalue weighted by molar-refractivity contribution is 0.617. The summed E-state index contributed by atoms with van der Waals surface area (Å²) in [5, 5.41) is 20.2. The van der Waals surface area contributed by atoms with Crippen LogP contribution in [0, 0.1) is 5.82 Å². The van der Waals surface area contributed by atoms with Crippen LogP contribution in [0.2, 0.25) is 5.02 Å². The van der Waals surface area contributed by atoms with Gasteiger partial charge >= 0.3 is 0 Å². The zero-order chi connectivity index (χ0) is 20.1. The van der Waals surface area contributed by atoms with E-state index in [0.717, 1.165) is 41.5 Å². The van der Waals surface area contributed by atoms with Gasteiger partial charge in [0.25, 0.3) is 0 Å². The number of aryl methyl sites for hydroxylation is 1. The fraction of sp³-hybridized carbons (Fsp3) is 0.300. The van der Waals surface area contributed by atoms with E-state index in [4.69, 9.17) is 11.6 Å². The molecule has 9 heteroatoms. The van der Waals surface area contributed by atoms with Crippen LogP contribution in [0.4, 0.5) is 21.6 Å². The van der Waals surface area contributed by atoms with Crippen LogP contribution in [0.3, 0.4) is 0 Å². The SMILES string of the molecule is CN[C@@H]1CCN(c2cc(Cl)c3c(Nc4cc(F)c5nn(C)cc5c4)n[nH]c3c2)C1. The molecule has 29 heavy (non-hydrogen) atoms. The molecule has 2 aromatic carbocycles. The Balaban J connectivity index is 1.48. The molecular weight excluding hydrogens is 393 g/mol. The van der Waals surface area contributed by atoms with Crippen molar-refractivity contribution in [2.45, 2.75) is 12.5 Å². The first-order valence-electron chi connectivity index (χ1n) is 9.51. The highest BCUT2D eigenvalue weighted by molar-refractivity contribution is 6.36. The van der Waals surface area contributed by atoms with Crippen molar-refractivity contribution < 1.29 is 4.39 Å². The number of aromatic nitrogens is 4. The predicted molar refractivity (Wildman–Crippen MR) is 115 cm³/mol. The predicted octanol–water partition coefficient (Wildman–Crippen LogP) is 3.78. The highest BCUT2D eigenvalue weighted by Crippen LogP contribution is 2.36. The van der Waals surface area contributed by atoms with Gasteiger partial charge in [-0.15, -0.1) is 0 Å². The van der Waals surface area contributed by atoms with Crippen molar-refractivity contribution in [3.8, 4) is 0 Å². The van der Waals surface area contributed by atoms with E-state index >= 15 is 0 Å². The summed E-state index contributed by atoms with van der Waals surface area (Å²) in [7, 11) is 3.76. The van der Waals surface area contributed by atoms with Crippen LogP contribution in [0.5, 0.6) is 0 Å². The van der Waals surface area contributed by atoms with Crippen LogP contribution < -0.4 is 15.5 Å². The van der Waals surface area contributed by atoms with Crippen molar-refractivity contribution in [1.29, 1.82) is 0 Å². The van der Waals surface area contributed by atoms with E-state index in [1.807, 2.05) is 19.2 Å². The van der Waals surface area contributed by atoms with E-state index in [1.165, 1.54) is 6.07 Å². The Kier molecular flexibility index (Phi) is 4.33. The normalized spacial score (nSPS) is 17.0. The number of benzene rings is 2. The number of likely N-dealkylation sites (N-methyl/N-ethyl adjacent to an activating group) is 1. The summed E-state index contributed by atoms with van der Waals surface area (Å²) in [5.74, 6) is 0.181. The number of nitrogens with one attached hydrogen (secondary N) is 3. The molecule has 3 heterocycles. The van der Waals surface area contributed by atoms with Gasteiger partial charge in [0.05, 0.1) is 15.9 Å². The number of fused-ring (bicyclic) bond motifs is 2. The van der Waals surface area contributed by atoms with Gasteiger partial charge in [-0.3, -0.25) is 9.78 Å². The number of rotatable bonds is 4. The molecule has 5 rings (SSSR count). The Labute approximate surface area is 171 Å². The average Bonchev–Trinajstić information content (AvgIpc) is 3.40. The number of halogens is 2. The molecule has 3 N–H and O–H groups in total. The van der Waals surface area contributed by atoms with Crippen molar-refractivity contribution in [2.75, 3.05) is 30.4 Å². The van der Waals surface area contributed by atoms with Crippen molar-refractivity contribution >= 4 is 50.6 Å². The van der Waals surface area contributed by atoms with Crippen LogP contribution in [0.1, 0.15) is 6.42 Å². The first-order chi connectivity index (χ1) is 14.0. The van der Waals surface area contributed by atoms with Gasteiger partial charge in [-0.05, 0) is 37.7 Å². The quantitative estimate of drug-likeness (QED) is 0.474. The van der Waals surface area contributed by atoms with Gasteiger partial charge in [0, 0.05) is 49.1 Å². The molecule has 1 atom stereocenters. The molecular formula is C20H21ClFN7. The maximum absolute atomic E-state index is 14.4. The average molecular weight is 414 g/mol. The van der Waals surface area contributed by atoms with Crippen molar-refractivity contribution in [3.63, 3.8) is 0 Å². The van der Waals surface area contributed by atoms with Gasteiger partial charge in [0.1, 0.15) is 5.52 Å². The summed E-state index contributed by atoms with van der Waals surface area (Å²) in [6.45, 7) is 1.93. The van der Waals surface area contributed by atoms with Crippen LogP contribution in [0.15, 0.2) is 30.5 Å². The molecule has 150 valence electrons. The number of aromatic amines is 1. The minimum atomic E-state index is -0.382. The summed E-state index contributed by atoms with van der Waals surface area (Å²) < 4.78 is 16.0. The highest BCUT2D eigenvalue weighted by atomic mass is 35.5. The first-order valence-corrected chi connectivity index (χ1v) is 9.89. The van der Waals surface area contributed by atoms with Crippen molar-refractivity contribution in [3.05, 3.63) is 41.3 Å². The van der Waals surface area contributed by atoms with Gasteiger partial charge in [-0.1, -0.05) is 11.6 Å². The highest BCUT2D eigenvalue weighted by Gasteiger charge is 2.23. The molecule has 2 aromatic heterocycles. The Hall–Kier alpha value is -2.84. The number of H-pyrrole nitrogens is 1. The standard InChI is InChI=1S/C20H21ClFN7/c1-23-12-3-4-29(10-12)14-7-15(21)18-17(8-14)25-26-20(18)24-13-5-11-9-28(2)27-19(11)16(22)6-13/h5-9,12,23H,3-4,10H2,1-2H3,(H2,24,25,26)/t12-/m1/s1. The molecule has 7 nitrogen and oxygen atoms in total. The second-order valence-corrected chi connectivity index (χ2v) is 7.87. The van der Waals surface area contributed by atoms with E-state index in [-0.39, 0.29) is 5.82 Å². The third-order valence-corrected chi connectivity index (χ3v) is 5.80. The minimum Gasteiger partial charge on any atom is -0.370 e. The molecule has 0 amide bonds. The number of anilines is 3. The van der Waals surface area contributed by atoms with Crippen LogP contribution in [0.25, 0.3) is 21.8 Å². The molecule has 0 saturated carbocycles. The summed E-state index contributed by atoms with van der Waals surface area (Å²) >= 11 is 6.62. The van der Waals surface area contributed by atoms with Gasteiger partial charge in [-0.25, -0.2) is 4.39 Å². The van der Waals surface area contributed by atoms with E-state index in [1.54, 1.807) is 17.9 Å². The van der Waals surface area contributed by atoms with Crippen molar-refractivity contribution in [1.82, 2.24) is 25.3 Å². The molecule has 0 bridgehead atoms. The fourth-order valence-corrected chi connectivity index (χ4v) is 4.32. The van der Waals surface area contributed by atoms with Gasteiger partial charge < -0.3 is 15.5 Å². The molecule has 0 aliphatic carbocycles. The van der Waals surface area contributed by atoms with E-state index in [2.05, 4.69) is 36.9 Å². The number of nitrogens with zero attached hydrogens (tertiary/aromatic N) is 4. The summed E-state index contributed by atoms with van der Waals surface area (Å²) in [6.07, 6.45) is 2.88. The second kappa shape index (κ2) is 6.89. The van der Waals surface area contributed by atoms with Gasteiger partial charge in [0.15, 0.2) is 11.6 Å². The molecule has 0 unspecified atom stereocenters. The van der Waals surface area contributed by atoms with Crippen LogP contribution in [-0.2, 0) is 7.05 Å². The summed E-state index contributed by atoms with van der Waals surface area (Å²) in [4.78, 5) is 2.31. The molecule has 4 aromatic rings. The Bertz CT molecular complexity index is 1210. The topological polar surface area (TPSA) is 73.8 Å². The Morgan fingerprint density at radius 2 is 2.14 bits per heavy atom. The van der Waals surface area contributed by atoms with E-state index in [0.29, 0.717) is 28.1 Å². The molecule has 0 spiro atoms. The lowest BCUT2D eigenvalue weighted by atomic mass is 10.2. The zero-order valence-corrected chi connectivity index (χ0v) is 16.9. The second-order valence-electron chi connectivity index (χ2n) is 7.47. The van der Waals surface area contributed by atoms with Crippen LogP contribution >= 0.6 is 11.6 Å². The fourth-order valence-electron chi connectivity index (χ4n) is 4.02. The van der Waals surface area contributed by atoms with Gasteiger partial charge in [0.2, 0.25) is 0 Å². The lowest BCUT2D eigenvalue weighted by Gasteiger charge is -2.19. The molecule has 1 aliphatic rings. The summed E-state index contributed by atoms with van der Waals surface area (Å²) in [6, 6.07) is 7.77. The number of hydrogen-bond acceptors (Lipinski definition) is 5. The zero-order valence-electron chi connectivity index (χ0n) is 16.1. The third kappa shape index (κ3) is 3.18. The Morgan fingerprint density at radius 1 is 1.28 bits per heavy atom. The lowest BCUT2D eigenvalue weighted by Crippen LogP contribution is -2.29. The monoisotopic (exact) mass is 413 g/mol. The molecule has 1 saturated heterocycles. The maximum atomic E-state index is 14.4. The van der Waals surface area contributed by atoms with E-state index < -0.39 is 0 Å². The number of hydrogen-bond donors (Lipinski definition) is 3. The van der Waals surface area contributed by atoms with Crippen LogP contribution in [-0.4, -0.2) is 46.2 Å². The minimum absolute atomic E-state index is 0.345. The summed E-state index contributed by atoms with van der Waals surface area (Å²) in [5.41, 5.74) is 2.84. The molecule has 1 fully saturated rings. The smallest absolute Gasteiger partial charge is 0.161 e. The van der Waals surface area contributed by atoms with Crippen molar-refractivity contribution in [2.24, 2.45) is 7.05 Å². The molecule has 1 aliphatic heterocycles. The van der Waals surface area contributed by atoms with E-state index in [9.17, 15) is 4.39 Å². The molecule has 0 radical (unpaired) electrons. The Morgan fingerprint density at radius 3 is 2.93 bits per heavy atom. The first kappa shape index (κ1) is 18.2.